The molecule has 1 rings (SSSR count). The highest BCUT2D eigenvalue weighted by Gasteiger charge is 2.29. The average molecular weight is 239 g/mol. The number of rotatable bonds is 3. The van der Waals surface area contributed by atoms with Gasteiger partial charge in [-0.1, -0.05) is 18.2 Å². The maximum absolute atomic E-state index is 11.8. The Morgan fingerprint density at radius 1 is 1.13 bits per heavy atom. The standard InChI is InChI=1S/C8H8F3NO2S/c9-8(10,11)6-12-15(13,14)7-4-2-1-3-5-7/h1-5,12H,6H2. The van der Waals surface area contributed by atoms with Crippen LogP contribution in [0, 0.1) is 0 Å². The van der Waals surface area contributed by atoms with Gasteiger partial charge in [0.05, 0.1) is 4.90 Å². The third kappa shape index (κ3) is 3.88. The molecule has 0 fully saturated rings. The van der Waals surface area contributed by atoms with Gasteiger partial charge in [0.1, 0.15) is 6.54 Å². The molecule has 0 aromatic heterocycles. The predicted octanol–water partition coefficient (Wildman–Crippen LogP) is 1.53. The lowest BCUT2D eigenvalue weighted by molar-refractivity contribution is -0.121. The van der Waals surface area contributed by atoms with Crippen LogP contribution in [-0.4, -0.2) is 21.1 Å². The van der Waals surface area contributed by atoms with Gasteiger partial charge in [-0.05, 0) is 12.1 Å². The Kier molecular flexibility index (Phi) is 3.35. The van der Waals surface area contributed by atoms with E-state index in [4.69, 9.17) is 0 Å². The number of sulfonamides is 1. The molecule has 0 unspecified atom stereocenters. The van der Waals surface area contributed by atoms with Gasteiger partial charge in [0.2, 0.25) is 10.0 Å². The Morgan fingerprint density at radius 2 is 1.67 bits per heavy atom. The third-order valence-corrected chi connectivity index (χ3v) is 2.93. The van der Waals surface area contributed by atoms with Crippen molar-refractivity contribution < 1.29 is 21.6 Å². The van der Waals surface area contributed by atoms with Crippen LogP contribution in [0.15, 0.2) is 35.2 Å². The van der Waals surface area contributed by atoms with Crippen LogP contribution in [0.2, 0.25) is 0 Å². The summed E-state index contributed by atoms with van der Waals surface area (Å²) in [6.07, 6.45) is -4.55. The van der Waals surface area contributed by atoms with Crippen molar-refractivity contribution in [1.29, 1.82) is 0 Å². The summed E-state index contributed by atoms with van der Waals surface area (Å²) in [6.45, 7) is -1.57. The minimum Gasteiger partial charge on any atom is -0.207 e. The van der Waals surface area contributed by atoms with Crippen LogP contribution in [-0.2, 0) is 10.0 Å². The van der Waals surface area contributed by atoms with Gasteiger partial charge in [0, 0.05) is 0 Å². The molecule has 0 spiro atoms. The monoisotopic (exact) mass is 239 g/mol. The molecule has 1 aromatic rings. The Morgan fingerprint density at radius 3 is 2.13 bits per heavy atom. The van der Waals surface area contributed by atoms with Crippen LogP contribution in [0.1, 0.15) is 0 Å². The molecule has 1 aromatic carbocycles. The molecule has 3 nitrogen and oxygen atoms in total. The van der Waals surface area contributed by atoms with Crippen LogP contribution in [0.3, 0.4) is 0 Å². The minimum atomic E-state index is -4.55. The molecule has 84 valence electrons. The fraction of sp³-hybridized carbons (Fsp3) is 0.250. The van der Waals surface area contributed by atoms with Crippen LogP contribution in [0.5, 0.6) is 0 Å². The van der Waals surface area contributed by atoms with E-state index in [0.29, 0.717) is 0 Å². The van der Waals surface area contributed by atoms with Crippen molar-refractivity contribution in [1.82, 2.24) is 4.72 Å². The second-order valence-electron chi connectivity index (χ2n) is 2.75. The zero-order valence-electron chi connectivity index (χ0n) is 7.45. The second-order valence-corrected chi connectivity index (χ2v) is 4.52. The molecule has 0 aliphatic rings. The Bertz CT molecular complexity index is 413. The highest BCUT2D eigenvalue weighted by atomic mass is 32.2. The lowest BCUT2D eigenvalue weighted by Gasteiger charge is -2.08. The first-order valence-corrected chi connectivity index (χ1v) is 5.41. The number of benzene rings is 1. The average Bonchev–Trinajstić information content (AvgIpc) is 2.16. The smallest absolute Gasteiger partial charge is 0.207 e. The van der Waals surface area contributed by atoms with E-state index < -0.39 is 22.7 Å². The number of hydrogen-bond acceptors (Lipinski definition) is 2. The van der Waals surface area contributed by atoms with Crippen molar-refractivity contribution in [2.45, 2.75) is 11.1 Å². The maximum atomic E-state index is 11.8. The summed E-state index contributed by atoms with van der Waals surface area (Å²) >= 11 is 0. The van der Waals surface area contributed by atoms with Gasteiger partial charge in [0.15, 0.2) is 0 Å². The minimum absolute atomic E-state index is 0.186. The molecule has 0 atom stereocenters. The highest BCUT2D eigenvalue weighted by Crippen LogP contribution is 2.14. The molecule has 0 saturated carbocycles. The van der Waals surface area contributed by atoms with E-state index >= 15 is 0 Å². The fourth-order valence-electron chi connectivity index (χ4n) is 0.860. The summed E-state index contributed by atoms with van der Waals surface area (Å²) in [7, 11) is -4.06. The predicted molar refractivity (Wildman–Crippen MR) is 47.7 cm³/mol. The lowest BCUT2D eigenvalue weighted by Crippen LogP contribution is -2.33. The van der Waals surface area contributed by atoms with Crippen molar-refractivity contribution in [3.63, 3.8) is 0 Å². The van der Waals surface area contributed by atoms with Gasteiger partial charge in [0.25, 0.3) is 0 Å². The zero-order valence-corrected chi connectivity index (χ0v) is 8.27. The van der Waals surface area contributed by atoms with Crippen LogP contribution in [0.4, 0.5) is 13.2 Å². The Balaban J connectivity index is 2.78. The SMILES string of the molecule is O=S(=O)(NCC(F)(F)F)c1ccccc1. The van der Waals surface area contributed by atoms with Gasteiger partial charge < -0.3 is 0 Å². The third-order valence-electron chi connectivity index (χ3n) is 1.52. The summed E-state index contributed by atoms with van der Waals surface area (Å²) in [4.78, 5) is -0.186. The maximum Gasteiger partial charge on any atom is 0.402 e. The quantitative estimate of drug-likeness (QED) is 0.869. The van der Waals surface area contributed by atoms with Gasteiger partial charge in [-0.25, -0.2) is 13.1 Å². The molecule has 7 heteroatoms. The summed E-state index contributed by atoms with van der Waals surface area (Å²) in [5.74, 6) is 0. The molecule has 0 aliphatic carbocycles. The van der Waals surface area contributed by atoms with E-state index in [2.05, 4.69) is 0 Å². The molecule has 0 saturated heterocycles. The van der Waals surface area contributed by atoms with Crippen molar-refractivity contribution in [2.75, 3.05) is 6.54 Å². The highest BCUT2D eigenvalue weighted by molar-refractivity contribution is 7.89. The first-order chi connectivity index (χ1) is 6.81. The van der Waals surface area contributed by atoms with Gasteiger partial charge in [-0.15, -0.1) is 0 Å². The van der Waals surface area contributed by atoms with Gasteiger partial charge >= 0.3 is 6.18 Å². The molecule has 1 N–H and O–H groups in total. The topological polar surface area (TPSA) is 46.2 Å². The molecular weight excluding hydrogens is 231 g/mol. The van der Waals surface area contributed by atoms with Crippen molar-refractivity contribution >= 4 is 10.0 Å². The first kappa shape index (κ1) is 12.0. The van der Waals surface area contributed by atoms with Gasteiger partial charge in [-0.2, -0.15) is 13.2 Å². The first-order valence-electron chi connectivity index (χ1n) is 3.93. The number of alkyl halides is 3. The summed E-state index contributed by atoms with van der Waals surface area (Å²) in [5, 5.41) is 0. The van der Waals surface area contributed by atoms with Crippen molar-refractivity contribution in [2.24, 2.45) is 0 Å². The molecule has 0 bridgehead atoms. The summed E-state index contributed by atoms with van der Waals surface area (Å²) < 4.78 is 59.3. The van der Waals surface area contributed by atoms with E-state index in [0.717, 1.165) is 0 Å². The number of nitrogens with one attached hydrogen (secondary N) is 1. The van der Waals surface area contributed by atoms with E-state index in [1.54, 1.807) is 6.07 Å². The number of halogens is 3. The molecule has 0 heterocycles. The molecule has 15 heavy (non-hydrogen) atoms. The van der Waals surface area contributed by atoms with E-state index in [1.165, 1.54) is 29.0 Å². The largest absolute Gasteiger partial charge is 0.402 e. The van der Waals surface area contributed by atoms with Crippen molar-refractivity contribution in [3.8, 4) is 0 Å². The molecule has 0 radical (unpaired) electrons. The molecule has 0 amide bonds. The summed E-state index contributed by atoms with van der Waals surface area (Å²) in [5.41, 5.74) is 0. The Labute approximate surface area is 85.0 Å². The van der Waals surface area contributed by atoms with E-state index in [-0.39, 0.29) is 4.90 Å². The molecular formula is C8H8F3NO2S. The van der Waals surface area contributed by atoms with Crippen LogP contribution >= 0.6 is 0 Å². The van der Waals surface area contributed by atoms with Crippen LogP contribution < -0.4 is 4.72 Å². The van der Waals surface area contributed by atoms with E-state index in [1.807, 2.05) is 0 Å². The zero-order chi connectivity index (χ0) is 11.5. The second kappa shape index (κ2) is 4.19. The Hall–Kier alpha value is -1.08. The fourth-order valence-corrected chi connectivity index (χ4v) is 1.90. The van der Waals surface area contributed by atoms with Crippen LogP contribution in [0.25, 0.3) is 0 Å². The van der Waals surface area contributed by atoms with E-state index in [9.17, 15) is 21.6 Å². The molecule has 0 aliphatic heterocycles. The number of hydrogen-bond donors (Lipinski definition) is 1. The summed E-state index contributed by atoms with van der Waals surface area (Å²) in [6, 6.07) is 6.88. The lowest BCUT2D eigenvalue weighted by atomic mass is 10.4. The normalized spacial score (nSPS) is 12.7. The van der Waals surface area contributed by atoms with Crippen molar-refractivity contribution in [3.05, 3.63) is 30.3 Å². The van der Waals surface area contributed by atoms with Gasteiger partial charge in [-0.3, -0.25) is 0 Å².